The number of hydrogen-bond donors (Lipinski definition) is 0. The Hall–Kier alpha value is -2.28. The summed E-state index contributed by atoms with van der Waals surface area (Å²) in [7, 11) is 0. The minimum Gasteiger partial charge on any atom is -0.192 e. The Labute approximate surface area is 133 Å². The van der Waals surface area contributed by atoms with Gasteiger partial charge in [0.1, 0.15) is 0 Å². The third kappa shape index (κ3) is 2.96. The maximum atomic E-state index is 13.1. The van der Waals surface area contributed by atoms with Crippen LogP contribution in [0.3, 0.4) is 0 Å². The van der Waals surface area contributed by atoms with Crippen LogP contribution in [0.5, 0.6) is 0 Å². The average Bonchev–Trinajstić information content (AvgIpc) is 2.97. The van der Waals surface area contributed by atoms with Crippen LogP contribution in [-0.2, 0) is 25.4 Å². The number of aryl methyl sites for hydroxylation is 1. The molecule has 0 aliphatic heterocycles. The van der Waals surface area contributed by atoms with Crippen molar-refractivity contribution in [2.75, 3.05) is 0 Å². The number of rotatable bonds is 2. The number of fused-ring (bicyclic) bond motifs is 1. The minimum atomic E-state index is -4.31. The van der Waals surface area contributed by atoms with Crippen molar-refractivity contribution >= 4 is 0 Å². The monoisotopic (exact) mass is 315 g/mol. The van der Waals surface area contributed by atoms with Crippen molar-refractivity contribution in [3.05, 3.63) is 69.8 Å². The molecule has 1 atom stereocenters. The van der Waals surface area contributed by atoms with Crippen LogP contribution >= 0.6 is 0 Å². The number of halogens is 3. The highest BCUT2D eigenvalue weighted by atomic mass is 19.4. The molecule has 0 aromatic heterocycles. The highest BCUT2D eigenvalue weighted by Gasteiger charge is 2.34. The molecule has 0 amide bonds. The molecule has 0 N–H and O–H groups in total. The van der Waals surface area contributed by atoms with E-state index in [0.717, 1.165) is 28.7 Å². The molecule has 0 bridgehead atoms. The lowest BCUT2D eigenvalue weighted by Gasteiger charge is -2.12. The van der Waals surface area contributed by atoms with E-state index in [1.54, 1.807) is 6.07 Å². The van der Waals surface area contributed by atoms with Gasteiger partial charge in [0.2, 0.25) is 0 Å². The Morgan fingerprint density at radius 3 is 2.61 bits per heavy atom. The third-order valence-electron chi connectivity index (χ3n) is 4.55. The van der Waals surface area contributed by atoms with Gasteiger partial charge >= 0.3 is 6.18 Å². The van der Waals surface area contributed by atoms with Crippen molar-refractivity contribution in [3.63, 3.8) is 0 Å². The van der Waals surface area contributed by atoms with Gasteiger partial charge in [-0.15, -0.1) is 0 Å². The second kappa shape index (κ2) is 5.73. The zero-order valence-electron chi connectivity index (χ0n) is 12.7. The number of hydrogen-bond acceptors (Lipinski definition) is 1. The summed E-state index contributed by atoms with van der Waals surface area (Å²) in [6.45, 7) is 1.89. The zero-order valence-corrected chi connectivity index (χ0v) is 12.7. The molecule has 0 saturated carbocycles. The van der Waals surface area contributed by atoms with Crippen molar-refractivity contribution in [1.82, 2.24) is 0 Å². The molecule has 0 heterocycles. The lowest BCUT2D eigenvalue weighted by molar-refractivity contribution is -0.137. The van der Waals surface area contributed by atoms with Crippen LogP contribution in [0.25, 0.3) is 0 Å². The van der Waals surface area contributed by atoms with Gasteiger partial charge in [-0.05, 0) is 71.7 Å². The Morgan fingerprint density at radius 1 is 1.17 bits per heavy atom. The fourth-order valence-electron chi connectivity index (χ4n) is 3.40. The molecule has 1 nitrogen and oxygen atoms in total. The molecule has 3 rings (SSSR count). The highest BCUT2D eigenvalue weighted by Crippen LogP contribution is 2.40. The predicted octanol–water partition coefficient (Wildman–Crippen LogP) is 5.02. The van der Waals surface area contributed by atoms with Gasteiger partial charge in [-0.25, -0.2) is 0 Å². The van der Waals surface area contributed by atoms with E-state index in [9.17, 15) is 13.2 Å². The first kappa shape index (κ1) is 15.6. The molecule has 2 aromatic carbocycles. The van der Waals surface area contributed by atoms with Gasteiger partial charge in [0.15, 0.2) is 0 Å². The molecule has 0 fully saturated rings. The van der Waals surface area contributed by atoms with Crippen molar-refractivity contribution in [2.45, 2.75) is 38.3 Å². The first-order valence-corrected chi connectivity index (χ1v) is 7.64. The van der Waals surface area contributed by atoms with Gasteiger partial charge in [-0.3, -0.25) is 0 Å². The van der Waals surface area contributed by atoms with Crippen LogP contribution < -0.4 is 0 Å². The third-order valence-corrected chi connectivity index (χ3v) is 4.55. The summed E-state index contributed by atoms with van der Waals surface area (Å²) in [5.74, 6) is 0.145. The molecule has 1 aliphatic rings. The van der Waals surface area contributed by atoms with Crippen LogP contribution in [0.15, 0.2) is 36.4 Å². The average molecular weight is 315 g/mol. The smallest absolute Gasteiger partial charge is 0.192 e. The van der Waals surface area contributed by atoms with Gasteiger partial charge in [-0.2, -0.15) is 18.4 Å². The lowest BCUT2D eigenvalue weighted by Crippen LogP contribution is -2.07. The van der Waals surface area contributed by atoms with Crippen molar-refractivity contribution in [3.8, 4) is 6.07 Å². The first-order valence-electron chi connectivity index (χ1n) is 7.64. The zero-order chi connectivity index (χ0) is 16.6. The molecule has 118 valence electrons. The quantitative estimate of drug-likeness (QED) is 0.763. The molecule has 4 heteroatoms. The molecular formula is C19H16F3N. The molecule has 2 aromatic rings. The number of nitriles is 1. The number of benzene rings is 2. The lowest BCUT2D eigenvalue weighted by atomic mass is 9.94. The molecule has 1 unspecified atom stereocenters. The summed E-state index contributed by atoms with van der Waals surface area (Å²) in [5, 5.41) is 9.01. The van der Waals surface area contributed by atoms with Crippen molar-refractivity contribution in [2.24, 2.45) is 0 Å². The maximum absolute atomic E-state index is 13.1. The molecule has 0 radical (unpaired) electrons. The van der Waals surface area contributed by atoms with Gasteiger partial charge in [0, 0.05) is 0 Å². The fourth-order valence-corrected chi connectivity index (χ4v) is 3.40. The van der Waals surface area contributed by atoms with Crippen LogP contribution in [-0.4, -0.2) is 0 Å². The summed E-state index contributed by atoms with van der Waals surface area (Å²) in [6, 6.07) is 12.1. The van der Waals surface area contributed by atoms with E-state index >= 15 is 0 Å². The molecular weight excluding hydrogens is 299 g/mol. The predicted molar refractivity (Wildman–Crippen MR) is 82.1 cm³/mol. The minimum absolute atomic E-state index is 0.145. The second-order valence-electron chi connectivity index (χ2n) is 5.97. The Bertz CT molecular complexity index is 784. The topological polar surface area (TPSA) is 23.8 Å². The Balaban J connectivity index is 1.98. The normalized spacial score (nSPS) is 16.9. The van der Waals surface area contributed by atoms with Crippen molar-refractivity contribution in [1.29, 1.82) is 5.26 Å². The highest BCUT2D eigenvalue weighted by molar-refractivity contribution is 5.47. The molecule has 0 saturated heterocycles. The number of alkyl halides is 3. The van der Waals surface area contributed by atoms with Gasteiger partial charge < -0.3 is 0 Å². The van der Waals surface area contributed by atoms with E-state index in [2.05, 4.69) is 6.07 Å². The van der Waals surface area contributed by atoms with E-state index in [-0.39, 0.29) is 5.92 Å². The van der Waals surface area contributed by atoms with E-state index in [1.165, 1.54) is 12.1 Å². The van der Waals surface area contributed by atoms with Gasteiger partial charge in [0.05, 0.1) is 17.2 Å². The van der Waals surface area contributed by atoms with Gasteiger partial charge in [0.25, 0.3) is 0 Å². The summed E-state index contributed by atoms with van der Waals surface area (Å²) >= 11 is 0. The first-order chi connectivity index (χ1) is 10.9. The molecule has 1 aliphatic carbocycles. The Morgan fingerprint density at radius 2 is 1.96 bits per heavy atom. The maximum Gasteiger partial charge on any atom is 0.416 e. The second-order valence-corrected chi connectivity index (χ2v) is 5.97. The summed E-state index contributed by atoms with van der Waals surface area (Å²) in [6.07, 6.45) is -2.37. The van der Waals surface area contributed by atoms with Gasteiger partial charge in [-0.1, -0.05) is 19.1 Å². The SMILES string of the molecule is CCc1cc(C(F)(F)F)cc2c1CC(c1cccc(C#N)c1)C2. The van der Waals surface area contributed by atoms with E-state index in [4.69, 9.17) is 5.26 Å². The van der Waals surface area contributed by atoms with Crippen LogP contribution in [0.2, 0.25) is 0 Å². The van der Waals surface area contributed by atoms with E-state index in [1.807, 2.05) is 25.1 Å². The fraction of sp³-hybridized carbons (Fsp3) is 0.316. The summed E-state index contributed by atoms with van der Waals surface area (Å²) < 4.78 is 39.2. The molecule has 0 spiro atoms. The number of nitrogens with zero attached hydrogens (tertiary/aromatic N) is 1. The van der Waals surface area contributed by atoms with Crippen LogP contribution in [0, 0.1) is 11.3 Å². The van der Waals surface area contributed by atoms with Crippen LogP contribution in [0.4, 0.5) is 13.2 Å². The van der Waals surface area contributed by atoms with E-state index in [0.29, 0.717) is 18.4 Å². The Kier molecular flexibility index (Phi) is 3.89. The standard InChI is InChI=1S/C19H16F3N/c1-2-13-8-17(19(20,21)22)9-16-7-15(10-18(13)16)14-5-3-4-12(6-14)11-23/h3-6,8-9,15H,2,7,10H2,1H3. The summed E-state index contributed by atoms with van der Waals surface area (Å²) in [4.78, 5) is 0. The van der Waals surface area contributed by atoms with Crippen molar-refractivity contribution < 1.29 is 13.2 Å². The summed E-state index contributed by atoms with van der Waals surface area (Å²) in [5.41, 5.74) is 3.69. The van der Waals surface area contributed by atoms with E-state index < -0.39 is 11.7 Å². The van der Waals surface area contributed by atoms with Crippen LogP contribution in [0.1, 0.15) is 46.2 Å². The molecule has 23 heavy (non-hydrogen) atoms. The largest absolute Gasteiger partial charge is 0.416 e.